The minimum atomic E-state index is 0.438. The Hall–Kier alpha value is -1.45. The number of rotatable bonds is 4. The van der Waals surface area contributed by atoms with Crippen molar-refractivity contribution in [3.8, 4) is 0 Å². The van der Waals surface area contributed by atoms with Gasteiger partial charge in [0.2, 0.25) is 0 Å². The fourth-order valence-electron chi connectivity index (χ4n) is 1.52. The molecule has 2 aromatic carbocycles. The highest BCUT2D eigenvalue weighted by atomic mass is 32.2. The number of benzene rings is 2. The average Bonchev–Trinajstić information content (AvgIpc) is 2.40. The zero-order chi connectivity index (χ0) is 13.0. The molecule has 1 N–H and O–H groups in total. The first kappa shape index (κ1) is 13.0. The van der Waals surface area contributed by atoms with E-state index in [1.165, 1.54) is 9.79 Å². The maximum Gasteiger partial charge on any atom is 0.0654 e. The van der Waals surface area contributed by atoms with Crippen molar-refractivity contribution in [2.24, 2.45) is 0 Å². The van der Waals surface area contributed by atoms with Gasteiger partial charge in [-0.2, -0.15) is 0 Å². The van der Waals surface area contributed by atoms with Gasteiger partial charge in [0, 0.05) is 15.5 Å². The minimum Gasteiger partial charge on any atom is -0.304 e. The van der Waals surface area contributed by atoms with Crippen LogP contribution < -0.4 is 0 Å². The summed E-state index contributed by atoms with van der Waals surface area (Å²) < 4.78 is 0. The highest BCUT2D eigenvalue weighted by molar-refractivity contribution is 7.99. The molecule has 0 spiro atoms. The van der Waals surface area contributed by atoms with Gasteiger partial charge in [0.05, 0.1) is 4.86 Å². The van der Waals surface area contributed by atoms with E-state index < -0.39 is 0 Å². The van der Waals surface area contributed by atoms with Crippen LogP contribution in [-0.2, 0) is 0 Å². The van der Waals surface area contributed by atoms with Gasteiger partial charge in [-0.3, -0.25) is 0 Å². The number of nitrogens with one attached hydrogen (secondary N) is 1. The molecule has 2 rings (SSSR count). The number of thiocarbonyl (C=S) groups is 1. The molecule has 0 aliphatic heterocycles. The average molecular weight is 271 g/mol. The lowest BCUT2D eigenvalue weighted by Crippen LogP contribution is -2.06. The maximum atomic E-state index is 7.52. The van der Waals surface area contributed by atoms with Gasteiger partial charge in [-0.05, 0) is 36.8 Å². The third kappa shape index (κ3) is 3.28. The van der Waals surface area contributed by atoms with Crippen molar-refractivity contribution in [2.45, 2.75) is 16.7 Å². The van der Waals surface area contributed by atoms with Crippen molar-refractivity contribution in [3.63, 3.8) is 0 Å². The molecule has 2 aromatic rings. The van der Waals surface area contributed by atoms with E-state index in [2.05, 4.69) is 12.1 Å². The summed E-state index contributed by atoms with van der Waals surface area (Å²) in [4.78, 5) is 3.01. The Bertz CT molecular complexity index is 559. The van der Waals surface area contributed by atoms with Crippen LogP contribution in [0.5, 0.6) is 0 Å². The molecule has 1 nitrogen and oxygen atoms in total. The van der Waals surface area contributed by atoms with Crippen molar-refractivity contribution < 1.29 is 0 Å². The number of hydrogen-bond acceptors (Lipinski definition) is 3. The van der Waals surface area contributed by atoms with Crippen molar-refractivity contribution in [3.05, 3.63) is 60.2 Å². The fourth-order valence-corrected chi connectivity index (χ4v) is 2.49. The summed E-state index contributed by atoms with van der Waals surface area (Å²) in [6.45, 7) is 1.72. The molecule has 0 amide bonds. The third-order valence-electron chi connectivity index (χ3n) is 2.44. The molecule has 0 unspecified atom stereocenters. The second kappa shape index (κ2) is 5.94. The van der Waals surface area contributed by atoms with E-state index in [0.717, 1.165) is 5.56 Å². The molecule has 0 aliphatic carbocycles. The standard InChI is InChI=1S/C15H13NS2/c1-11(16)15(17)12-7-9-14(10-8-12)18-13-5-3-2-4-6-13/h2-10,16H,1H3. The molecule has 18 heavy (non-hydrogen) atoms. The zero-order valence-corrected chi connectivity index (χ0v) is 11.6. The van der Waals surface area contributed by atoms with Gasteiger partial charge in [0.15, 0.2) is 0 Å². The summed E-state index contributed by atoms with van der Waals surface area (Å²) in [5.74, 6) is 0. The first-order valence-corrected chi connectivity index (χ1v) is 6.82. The molecular formula is C15H13NS2. The molecule has 0 radical (unpaired) electrons. The minimum absolute atomic E-state index is 0.438. The molecule has 0 aromatic heterocycles. The molecule has 0 fully saturated rings. The van der Waals surface area contributed by atoms with Crippen molar-refractivity contribution in [1.82, 2.24) is 0 Å². The van der Waals surface area contributed by atoms with Crippen LogP contribution in [0.1, 0.15) is 12.5 Å². The van der Waals surface area contributed by atoms with E-state index in [9.17, 15) is 0 Å². The van der Waals surface area contributed by atoms with Crippen LogP contribution in [0.15, 0.2) is 64.4 Å². The second-order valence-corrected chi connectivity index (χ2v) is 5.45. The Balaban J connectivity index is 2.13. The third-order valence-corrected chi connectivity index (χ3v) is 3.99. The van der Waals surface area contributed by atoms with Gasteiger partial charge in [-0.15, -0.1) is 0 Å². The molecule has 0 aliphatic rings. The first-order chi connectivity index (χ1) is 8.66. The molecule has 3 heteroatoms. The normalized spacial score (nSPS) is 10.1. The van der Waals surface area contributed by atoms with E-state index in [0.29, 0.717) is 10.6 Å². The van der Waals surface area contributed by atoms with Gasteiger partial charge in [-0.25, -0.2) is 0 Å². The summed E-state index contributed by atoms with van der Waals surface area (Å²) in [6, 6.07) is 18.3. The quantitative estimate of drug-likeness (QED) is 0.499. The highest BCUT2D eigenvalue weighted by Gasteiger charge is 2.03. The lowest BCUT2D eigenvalue weighted by Gasteiger charge is -2.04. The van der Waals surface area contributed by atoms with Gasteiger partial charge in [0.1, 0.15) is 0 Å². The molecule has 0 heterocycles. The molecule has 0 saturated heterocycles. The van der Waals surface area contributed by atoms with Gasteiger partial charge in [0.25, 0.3) is 0 Å². The summed E-state index contributed by atoms with van der Waals surface area (Å²) in [6.07, 6.45) is 0. The lowest BCUT2D eigenvalue weighted by molar-refractivity contribution is 1.40. The van der Waals surface area contributed by atoms with Crippen LogP contribution in [0.3, 0.4) is 0 Å². The second-order valence-electron chi connectivity index (χ2n) is 3.89. The number of hydrogen-bond donors (Lipinski definition) is 1. The highest BCUT2D eigenvalue weighted by Crippen LogP contribution is 2.27. The Morgan fingerprint density at radius 3 is 2.06 bits per heavy atom. The largest absolute Gasteiger partial charge is 0.304 e. The van der Waals surface area contributed by atoms with E-state index in [1.54, 1.807) is 18.7 Å². The molecule has 90 valence electrons. The fraction of sp³-hybridized carbons (Fsp3) is 0.0667. The van der Waals surface area contributed by atoms with E-state index in [4.69, 9.17) is 17.6 Å². The first-order valence-electron chi connectivity index (χ1n) is 5.59. The smallest absolute Gasteiger partial charge is 0.0654 e. The summed E-state index contributed by atoms with van der Waals surface area (Å²) in [7, 11) is 0. The SMILES string of the molecule is CC(=N)C(=S)c1ccc(Sc2ccccc2)cc1. The van der Waals surface area contributed by atoms with Crippen LogP contribution in [-0.4, -0.2) is 10.6 Å². The van der Waals surface area contributed by atoms with Crippen molar-refractivity contribution in [2.75, 3.05) is 0 Å². The summed E-state index contributed by atoms with van der Waals surface area (Å²) in [5.41, 5.74) is 1.38. The summed E-state index contributed by atoms with van der Waals surface area (Å²) >= 11 is 6.91. The Kier molecular flexibility index (Phi) is 4.28. The van der Waals surface area contributed by atoms with Crippen LogP contribution in [0.2, 0.25) is 0 Å². The predicted octanol–water partition coefficient (Wildman–Crippen LogP) is 4.60. The molecule has 0 atom stereocenters. The maximum absolute atomic E-state index is 7.52. The van der Waals surface area contributed by atoms with Crippen LogP contribution in [0.25, 0.3) is 0 Å². The van der Waals surface area contributed by atoms with Crippen LogP contribution in [0.4, 0.5) is 0 Å². The summed E-state index contributed by atoms with van der Waals surface area (Å²) in [5, 5.41) is 7.52. The Morgan fingerprint density at radius 2 is 1.50 bits per heavy atom. The van der Waals surface area contributed by atoms with Crippen LogP contribution in [0, 0.1) is 5.41 Å². The Morgan fingerprint density at radius 1 is 0.944 bits per heavy atom. The Labute approximate surface area is 117 Å². The van der Waals surface area contributed by atoms with Gasteiger partial charge < -0.3 is 5.41 Å². The van der Waals surface area contributed by atoms with E-state index >= 15 is 0 Å². The lowest BCUT2D eigenvalue weighted by atomic mass is 10.1. The van der Waals surface area contributed by atoms with E-state index in [1.807, 2.05) is 42.5 Å². The van der Waals surface area contributed by atoms with Crippen molar-refractivity contribution >= 4 is 34.6 Å². The van der Waals surface area contributed by atoms with Gasteiger partial charge >= 0.3 is 0 Å². The predicted molar refractivity (Wildman–Crippen MR) is 82.1 cm³/mol. The molecule has 0 bridgehead atoms. The van der Waals surface area contributed by atoms with Crippen LogP contribution >= 0.6 is 24.0 Å². The van der Waals surface area contributed by atoms with Gasteiger partial charge in [-0.1, -0.05) is 54.3 Å². The topological polar surface area (TPSA) is 23.9 Å². The molecular weight excluding hydrogens is 258 g/mol. The zero-order valence-electron chi connectivity index (χ0n) is 10.0. The monoisotopic (exact) mass is 271 g/mol. The van der Waals surface area contributed by atoms with E-state index in [-0.39, 0.29) is 0 Å². The molecule has 0 saturated carbocycles. The van der Waals surface area contributed by atoms with Crippen molar-refractivity contribution in [1.29, 1.82) is 5.41 Å².